The van der Waals surface area contributed by atoms with Gasteiger partial charge < -0.3 is 34.2 Å². The molecule has 626 valence electrons. The summed E-state index contributed by atoms with van der Waals surface area (Å²) >= 11 is 0. The van der Waals surface area contributed by atoms with E-state index in [1.54, 1.807) is 0 Å². The topological polar surface area (TPSA) is 231 Å². The Labute approximate surface area is 664 Å². The lowest BCUT2D eigenvalue weighted by atomic mass is 10.0. The molecule has 0 rings (SSSR count). The molecule has 0 heterocycles. The second kappa shape index (κ2) is 82.9. The fourth-order valence-electron chi connectivity index (χ4n) is 11.5. The molecule has 0 saturated carbocycles. The van der Waals surface area contributed by atoms with E-state index in [2.05, 4.69) is 167 Å². The van der Waals surface area contributed by atoms with Crippen LogP contribution in [0.5, 0.6) is 0 Å². The van der Waals surface area contributed by atoms with Gasteiger partial charge in [0, 0.05) is 19.3 Å². The Hall–Kier alpha value is -4.57. The zero-order valence-electron chi connectivity index (χ0n) is 68.7. The van der Waals surface area contributed by atoms with Crippen LogP contribution in [0.3, 0.4) is 0 Å². The van der Waals surface area contributed by atoms with E-state index in [1.807, 2.05) is 0 Å². The van der Waals surface area contributed by atoms with Gasteiger partial charge in [0.05, 0.1) is 26.4 Å². The van der Waals surface area contributed by atoms with Crippen molar-refractivity contribution in [2.45, 2.75) is 373 Å². The highest BCUT2D eigenvalue weighted by Crippen LogP contribution is 2.45. The van der Waals surface area contributed by atoms with Crippen LogP contribution >= 0.6 is 15.6 Å². The molecule has 0 bridgehead atoms. The lowest BCUT2D eigenvalue weighted by Crippen LogP contribution is -2.30. The average molecular weight is 1570 g/mol. The predicted molar refractivity (Wildman–Crippen MR) is 454 cm³/mol. The summed E-state index contributed by atoms with van der Waals surface area (Å²) in [5.41, 5.74) is 0. The molecule has 16 nitrogen and oxygen atoms in total. The Bertz CT molecular complexity index is 2560. The van der Waals surface area contributed by atoms with Gasteiger partial charge in [-0.1, -0.05) is 340 Å². The van der Waals surface area contributed by atoms with E-state index in [0.717, 1.165) is 173 Å². The van der Waals surface area contributed by atoms with Gasteiger partial charge in [0.2, 0.25) is 0 Å². The van der Waals surface area contributed by atoms with E-state index in [9.17, 15) is 43.5 Å². The van der Waals surface area contributed by atoms with E-state index in [1.165, 1.54) is 122 Å². The lowest BCUT2D eigenvalue weighted by Gasteiger charge is -2.21. The summed E-state index contributed by atoms with van der Waals surface area (Å²) in [6.07, 6.45) is 103. The molecule has 0 aliphatic rings. The minimum Gasteiger partial charge on any atom is -0.463 e. The van der Waals surface area contributed by atoms with Crippen molar-refractivity contribution in [1.82, 2.24) is 0 Å². The van der Waals surface area contributed by atoms with Crippen molar-refractivity contribution in [3.05, 3.63) is 146 Å². The number of aliphatic hydroxyl groups excluding tert-OH is 2. The maximum absolute atomic E-state index is 13.0. The molecule has 0 saturated heterocycles. The molecule has 0 amide bonds. The molecule has 0 aliphatic carbocycles. The van der Waals surface area contributed by atoms with E-state index in [-0.39, 0.29) is 19.3 Å². The highest BCUT2D eigenvalue weighted by molar-refractivity contribution is 7.47. The number of phosphoric acid groups is 2. The number of unbranched alkanes of at least 4 members (excludes halogenated alkanes) is 34. The highest BCUT2D eigenvalue weighted by Gasteiger charge is 2.29. The van der Waals surface area contributed by atoms with Gasteiger partial charge >= 0.3 is 33.6 Å². The third-order valence-corrected chi connectivity index (χ3v) is 19.9. The second-order valence-corrected chi connectivity index (χ2v) is 31.5. The van der Waals surface area contributed by atoms with Crippen LogP contribution in [0.2, 0.25) is 0 Å². The summed E-state index contributed by atoms with van der Waals surface area (Å²) in [5.74, 6) is -1.60. The number of hydrogen-bond acceptors (Lipinski definition) is 14. The molecule has 18 heteroatoms. The number of esters is 3. The molecule has 0 fully saturated rings. The van der Waals surface area contributed by atoms with Crippen LogP contribution < -0.4 is 0 Å². The van der Waals surface area contributed by atoms with Gasteiger partial charge in [-0.2, -0.15) is 0 Å². The first-order valence-electron chi connectivity index (χ1n) is 43.1. The Morgan fingerprint density at radius 2 is 0.486 bits per heavy atom. The van der Waals surface area contributed by atoms with Crippen molar-refractivity contribution in [1.29, 1.82) is 0 Å². The van der Waals surface area contributed by atoms with Crippen molar-refractivity contribution in [2.24, 2.45) is 0 Å². The number of carbonyl (C=O) groups excluding carboxylic acids is 3. The summed E-state index contributed by atoms with van der Waals surface area (Å²) < 4.78 is 61.3. The van der Waals surface area contributed by atoms with Crippen LogP contribution in [0.15, 0.2) is 146 Å². The largest absolute Gasteiger partial charge is 0.472 e. The van der Waals surface area contributed by atoms with Gasteiger partial charge in [-0.3, -0.25) is 32.5 Å². The molecular weight excluding hydrogens is 1410 g/mol. The normalized spacial score (nSPS) is 14.6. The van der Waals surface area contributed by atoms with Crippen molar-refractivity contribution in [3.63, 3.8) is 0 Å². The lowest BCUT2D eigenvalue weighted by molar-refractivity contribution is -0.161. The van der Waals surface area contributed by atoms with E-state index < -0.39 is 91.5 Å². The van der Waals surface area contributed by atoms with Gasteiger partial charge in [0.25, 0.3) is 0 Å². The number of phosphoric ester groups is 2. The van der Waals surface area contributed by atoms with Crippen molar-refractivity contribution >= 4 is 33.6 Å². The van der Waals surface area contributed by atoms with Crippen LogP contribution in [0.1, 0.15) is 355 Å². The first-order chi connectivity index (χ1) is 53.2. The summed E-state index contributed by atoms with van der Waals surface area (Å²) in [5, 5.41) is 20.7. The van der Waals surface area contributed by atoms with E-state index in [0.29, 0.717) is 19.3 Å². The Morgan fingerprint density at radius 1 is 0.266 bits per heavy atom. The molecular formula is C91H156O16P2. The average Bonchev–Trinajstić information content (AvgIpc) is 0.902. The van der Waals surface area contributed by atoms with Crippen LogP contribution in [-0.4, -0.2) is 95.9 Å². The van der Waals surface area contributed by atoms with Crippen molar-refractivity contribution < 1.29 is 75.8 Å². The van der Waals surface area contributed by atoms with Crippen LogP contribution in [0.4, 0.5) is 0 Å². The standard InChI is InChI=1S/C91H156O16P2/c1-4-7-10-13-16-19-22-25-28-30-32-34-36-37-38-39-40-41-42-43-44-45-46-47-49-51-52-54-57-59-62-65-68-71-74-77-89(94)101-80-86(92)81-103-108(97,98)104-82-87(93)83-105-109(99,100)106-85-88(107-91(96)79-76-73-70-67-64-61-56-27-24-21-18-15-12-9-6-3)84-102-90(95)78-75-72-69-66-63-60-58-55-53-50-48-35-33-31-29-26-23-20-17-14-11-8-5-2/h7-8,10-11,16-21,25-29,32-35,37-38,50,53,56,86-88,92-93H,4-6,9,12-15,22-24,30-31,36,39-49,51-52,54-55,57-85H2,1-3H3,(H,97,98)(H,99,100)/b10-7-,11-8-,19-16-,20-17-,21-18-,28-25-,29-26-,34-32-,35-33-,38-37-,53-50-,56-27-. The first kappa shape index (κ1) is 104. The number of ether oxygens (including phenoxy) is 3. The molecule has 5 atom stereocenters. The van der Waals surface area contributed by atoms with Gasteiger partial charge in [0.1, 0.15) is 25.4 Å². The summed E-state index contributed by atoms with van der Waals surface area (Å²) in [6, 6.07) is 0. The number of rotatable bonds is 81. The third-order valence-electron chi connectivity index (χ3n) is 18.0. The van der Waals surface area contributed by atoms with E-state index in [4.69, 9.17) is 32.3 Å². The second-order valence-electron chi connectivity index (χ2n) is 28.6. The van der Waals surface area contributed by atoms with Crippen LogP contribution in [0.25, 0.3) is 0 Å². The maximum atomic E-state index is 13.0. The number of carbonyl (C=O) groups is 3. The molecule has 0 radical (unpaired) electrons. The smallest absolute Gasteiger partial charge is 0.463 e. The zero-order chi connectivity index (χ0) is 79.4. The van der Waals surface area contributed by atoms with E-state index >= 15 is 0 Å². The zero-order valence-corrected chi connectivity index (χ0v) is 70.5. The van der Waals surface area contributed by atoms with Gasteiger partial charge in [-0.25, -0.2) is 9.13 Å². The third kappa shape index (κ3) is 84.2. The van der Waals surface area contributed by atoms with Crippen molar-refractivity contribution in [2.75, 3.05) is 39.6 Å². The fraction of sp³-hybridized carbons (Fsp3) is 0.703. The van der Waals surface area contributed by atoms with Gasteiger partial charge in [-0.05, 0) is 141 Å². The molecule has 0 aromatic rings. The highest BCUT2D eigenvalue weighted by atomic mass is 31.2. The number of hydrogen-bond donors (Lipinski definition) is 4. The van der Waals surface area contributed by atoms with Gasteiger partial charge in [-0.15, -0.1) is 0 Å². The maximum Gasteiger partial charge on any atom is 0.472 e. The minimum absolute atomic E-state index is 0.0835. The molecule has 0 aromatic carbocycles. The molecule has 0 aromatic heterocycles. The number of allylic oxidation sites excluding steroid dienone is 24. The SMILES string of the molecule is CC/C=C\C/C=C\C/C=C\C/C=C\C/C=C\CCCCCCCCCCCCCCCCCCCCCC(=O)OCC(O)COP(=O)(O)OCC(O)COP(=O)(O)OCC(COC(=O)CCCCCCCCC/C=C\C/C=C\C/C=C\C/C=C\C/C=C\CC)OC(=O)CCCCCCC/C=C\C/C=C\CCCCC. The minimum atomic E-state index is -4.94. The quantitative estimate of drug-likeness (QED) is 0.0146. The monoisotopic (exact) mass is 1570 g/mol. The predicted octanol–water partition coefficient (Wildman–Crippen LogP) is 26.0. The molecule has 0 aliphatic heterocycles. The number of aliphatic hydroxyl groups is 2. The summed E-state index contributed by atoms with van der Waals surface area (Å²) in [4.78, 5) is 58.8. The van der Waals surface area contributed by atoms with Gasteiger partial charge in [0.15, 0.2) is 6.10 Å². The molecule has 0 spiro atoms. The summed E-state index contributed by atoms with van der Waals surface area (Å²) in [7, 11) is -9.80. The van der Waals surface area contributed by atoms with Crippen LogP contribution in [-0.2, 0) is 55.8 Å². The molecule has 109 heavy (non-hydrogen) atoms. The first-order valence-corrected chi connectivity index (χ1v) is 46.1. The Balaban J connectivity index is 4.43. The summed E-state index contributed by atoms with van der Waals surface area (Å²) in [6.45, 7) is 2.43. The Kier molecular flexibility index (Phi) is 79.4. The van der Waals surface area contributed by atoms with Crippen LogP contribution in [0, 0.1) is 0 Å². The Morgan fingerprint density at radius 3 is 0.771 bits per heavy atom. The molecule has 5 unspecified atom stereocenters. The fourth-order valence-corrected chi connectivity index (χ4v) is 13.1. The molecule has 4 N–H and O–H groups in total. The van der Waals surface area contributed by atoms with Crippen molar-refractivity contribution in [3.8, 4) is 0 Å².